The summed E-state index contributed by atoms with van der Waals surface area (Å²) in [5.74, 6) is 0.645. The van der Waals surface area contributed by atoms with Crippen LogP contribution < -0.4 is 5.32 Å². The molecule has 1 unspecified atom stereocenters. The lowest BCUT2D eigenvalue weighted by Crippen LogP contribution is -2.32. The maximum absolute atomic E-state index is 5.96. The summed E-state index contributed by atoms with van der Waals surface area (Å²) in [5, 5.41) is 4.37. The molecule has 1 rings (SSSR count). The summed E-state index contributed by atoms with van der Waals surface area (Å²) in [6, 6.07) is 8.89. The predicted molar refractivity (Wildman–Crippen MR) is 67.3 cm³/mol. The molecule has 1 nitrogen and oxygen atoms in total. The Morgan fingerprint density at radius 2 is 1.80 bits per heavy atom. The van der Waals surface area contributed by atoms with Gasteiger partial charge in [-0.2, -0.15) is 0 Å². The van der Waals surface area contributed by atoms with Crippen LogP contribution in [0.3, 0.4) is 0 Å². The van der Waals surface area contributed by atoms with Crippen LogP contribution >= 0.6 is 11.6 Å². The second kappa shape index (κ2) is 5.53. The molecule has 0 amide bonds. The Morgan fingerprint density at radius 1 is 1.13 bits per heavy atom. The summed E-state index contributed by atoms with van der Waals surface area (Å²) in [4.78, 5) is 0. The zero-order chi connectivity index (χ0) is 11.4. The van der Waals surface area contributed by atoms with Crippen LogP contribution in [-0.4, -0.2) is 6.04 Å². The van der Waals surface area contributed by atoms with Gasteiger partial charge in [0.2, 0.25) is 0 Å². The van der Waals surface area contributed by atoms with Crippen LogP contribution in [0.25, 0.3) is 0 Å². The Labute approximate surface area is 97.8 Å². The molecule has 0 bridgehead atoms. The molecule has 84 valence electrons. The number of nitrogens with one attached hydrogen (secondary N) is 1. The van der Waals surface area contributed by atoms with Crippen molar-refractivity contribution in [2.24, 2.45) is 5.92 Å². The lowest BCUT2D eigenvalue weighted by Gasteiger charge is -2.23. The first-order valence-electron chi connectivity index (χ1n) is 5.52. The van der Waals surface area contributed by atoms with Crippen molar-refractivity contribution in [2.45, 2.75) is 39.8 Å². The highest BCUT2D eigenvalue weighted by molar-refractivity contribution is 6.30. The molecule has 0 saturated heterocycles. The summed E-state index contributed by atoms with van der Waals surface area (Å²) in [5.41, 5.74) is 1.25. The summed E-state index contributed by atoms with van der Waals surface area (Å²) in [7, 11) is 0. The van der Waals surface area contributed by atoms with Gasteiger partial charge in [-0.05, 0) is 37.5 Å². The van der Waals surface area contributed by atoms with E-state index in [1.165, 1.54) is 5.56 Å². The summed E-state index contributed by atoms with van der Waals surface area (Å²) < 4.78 is 0. The van der Waals surface area contributed by atoms with E-state index in [1.54, 1.807) is 0 Å². The maximum atomic E-state index is 5.96. The third-order valence-corrected chi connectivity index (χ3v) is 3.10. The minimum absolute atomic E-state index is 0.348. The molecule has 1 N–H and O–H groups in total. The molecule has 1 aromatic carbocycles. The van der Waals surface area contributed by atoms with Crippen LogP contribution in [0.4, 0.5) is 0 Å². The topological polar surface area (TPSA) is 12.0 Å². The fraction of sp³-hybridized carbons (Fsp3) is 0.538. The first-order valence-corrected chi connectivity index (χ1v) is 5.90. The van der Waals surface area contributed by atoms with E-state index >= 15 is 0 Å². The van der Waals surface area contributed by atoms with Crippen LogP contribution in [0.5, 0.6) is 0 Å². The van der Waals surface area contributed by atoms with Gasteiger partial charge in [0.15, 0.2) is 0 Å². The quantitative estimate of drug-likeness (QED) is 0.816. The van der Waals surface area contributed by atoms with Gasteiger partial charge >= 0.3 is 0 Å². The predicted octanol–water partition coefficient (Wildman–Crippen LogP) is 4.04. The van der Waals surface area contributed by atoms with Crippen LogP contribution in [0.15, 0.2) is 24.3 Å². The molecule has 0 aliphatic rings. The number of rotatable bonds is 4. The Morgan fingerprint density at radius 3 is 2.33 bits per heavy atom. The third kappa shape index (κ3) is 3.84. The van der Waals surface area contributed by atoms with Crippen molar-refractivity contribution in [2.75, 3.05) is 0 Å². The standard InChI is InChI=1S/C13H20ClN/c1-9(2)10(3)15-11(4)12-6-5-7-13(14)8-12/h5-11,15H,1-4H3/t10?,11-/m0/s1. The summed E-state index contributed by atoms with van der Waals surface area (Å²) >= 11 is 5.96. The smallest absolute Gasteiger partial charge is 0.0409 e. The molecule has 2 atom stereocenters. The van der Waals surface area contributed by atoms with Gasteiger partial charge in [-0.15, -0.1) is 0 Å². The zero-order valence-electron chi connectivity index (χ0n) is 9.92. The largest absolute Gasteiger partial charge is 0.307 e. The number of hydrogen-bond acceptors (Lipinski definition) is 1. The minimum atomic E-state index is 0.348. The molecule has 0 spiro atoms. The Hall–Kier alpha value is -0.530. The van der Waals surface area contributed by atoms with Crippen molar-refractivity contribution in [3.05, 3.63) is 34.9 Å². The van der Waals surface area contributed by atoms with Crippen molar-refractivity contribution in [3.8, 4) is 0 Å². The van der Waals surface area contributed by atoms with Gasteiger partial charge < -0.3 is 5.32 Å². The third-order valence-electron chi connectivity index (χ3n) is 2.86. The number of hydrogen-bond donors (Lipinski definition) is 1. The van der Waals surface area contributed by atoms with E-state index in [0.29, 0.717) is 18.0 Å². The fourth-order valence-corrected chi connectivity index (χ4v) is 1.66. The van der Waals surface area contributed by atoms with Gasteiger partial charge in [-0.25, -0.2) is 0 Å². The normalized spacial score (nSPS) is 15.3. The fourth-order valence-electron chi connectivity index (χ4n) is 1.46. The molecule has 1 aromatic rings. The second-order valence-electron chi connectivity index (χ2n) is 4.48. The van der Waals surface area contributed by atoms with Gasteiger partial charge in [0.25, 0.3) is 0 Å². The molecular weight excluding hydrogens is 206 g/mol. The van der Waals surface area contributed by atoms with Crippen LogP contribution in [0, 0.1) is 5.92 Å². The Balaban J connectivity index is 2.64. The van der Waals surface area contributed by atoms with E-state index in [9.17, 15) is 0 Å². The molecule has 0 aliphatic heterocycles. The minimum Gasteiger partial charge on any atom is -0.307 e. The first-order chi connectivity index (χ1) is 7.00. The molecule has 0 saturated carbocycles. The maximum Gasteiger partial charge on any atom is 0.0409 e. The highest BCUT2D eigenvalue weighted by Gasteiger charge is 2.11. The van der Waals surface area contributed by atoms with E-state index in [4.69, 9.17) is 11.6 Å². The van der Waals surface area contributed by atoms with E-state index in [0.717, 1.165) is 5.02 Å². The van der Waals surface area contributed by atoms with Crippen molar-refractivity contribution < 1.29 is 0 Å². The zero-order valence-corrected chi connectivity index (χ0v) is 10.7. The van der Waals surface area contributed by atoms with Crippen LogP contribution in [0.1, 0.15) is 39.3 Å². The van der Waals surface area contributed by atoms with Crippen molar-refractivity contribution in [1.82, 2.24) is 5.32 Å². The van der Waals surface area contributed by atoms with Gasteiger partial charge in [-0.1, -0.05) is 37.6 Å². The summed E-state index contributed by atoms with van der Waals surface area (Å²) in [6.07, 6.45) is 0. The molecule has 0 aromatic heterocycles. The number of halogens is 1. The average molecular weight is 226 g/mol. The van der Waals surface area contributed by atoms with Crippen molar-refractivity contribution in [3.63, 3.8) is 0 Å². The van der Waals surface area contributed by atoms with Gasteiger partial charge in [0, 0.05) is 17.1 Å². The molecule has 0 heterocycles. The van der Waals surface area contributed by atoms with E-state index in [-0.39, 0.29) is 0 Å². The lowest BCUT2D eigenvalue weighted by molar-refractivity contribution is 0.389. The molecule has 0 radical (unpaired) electrons. The van der Waals surface area contributed by atoms with Crippen molar-refractivity contribution >= 4 is 11.6 Å². The monoisotopic (exact) mass is 225 g/mol. The molecule has 2 heteroatoms. The Kier molecular flexibility index (Phi) is 4.62. The summed E-state index contributed by atoms with van der Waals surface area (Å²) in [6.45, 7) is 8.83. The molecule has 0 aliphatic carbocycles. The lowest BCUT2D eigenvalue weighted by atomic mass is 10.0. The highest BCUT2D eigenvalue weighted by atomic mass is 35.5. The van der Waals surface area contributed by atoms with Crippen LogP contribution in [-0.2, 0) is 0 Å². The first kappa shape index (κ1) is 12.5. The van der Waals surface area contributed by atoms with Gasteiger partial charge in [-0.3, -0.25) is 0 Å². The highest BCUT2D eigenvalue weighted by Crippen LogP contribution is 2.18. The van der Waals surface area contributed by atoms with Gasteiger partial charge in [0.1, 0.15) is 0 Å². The average Bonchev–Trinajstić information content (AvgIpc) is 2.17. The van der Waals surface area contributed by atoms with Crippen LogP contribution in [0.2, 0.25) is 5.02 Å². The molecule has 0 fully saturated rings. The van der Waals surface area contributed by atoms with E-state index < -0.39 is 0 Å². The Bertz CT molecular complexity index is 309. The van der Waals surface area contributed by atoms with Crippen molar-refractivity contribution in [1.29, 1.82) is 0 Å². The van der Waals surface area contributed by atoms with Gasteiger partial charge in [0.05, 0.1) is 0 Å². The molecular formula is C13H20ClN. The van der Waals surface area contributed by atoms with E-state index in [1.807, 2.05) is 18.2 Å². The SMILES string of the molecule is CC(C)C(C)N[C@@H](C)c1cccc(Cl)c1. The number of benzene rings is 1. The second-order valence-corrected chi connectivity index (χ2v) is 4.91. The molecule has 15 heavy (non-hydrogen) atoms. The van der Waals surface area contributed by atoms with E-state index in [2.05, 4.69) is 39.1 Å².